The molecule has 0 radical (unpaired) electrons. The number of benzene rings is 1. The van der Waals surface area contributed by atoms with Crippen molar-refractivity contribution in [2.75, 3.05) is 18.1 Å². The van der Waals surface area contributed by atoms with Gasteiger partial charge in [-0.15, -0.1) is 0 Å². The third kappa shape index (κ3) is 7.34. The van der Waals surface area contributed by atoms with Gasteiger partial charge in [0.1, 0.15) is 6.04 Å². The lowest BCUT2D eigenvalue weighted by atomic mass is 9.86. The smallest absolute Gasteiger partial charge is 0.329 e. The van der Waals surface area contributed by atoms with E-state index in [0.717, 1.165) is 5.56 Å². The van der Waals surface area contributed by atoms with Gasteiger partial charge in [-0.1, -0.05) is 46.8 Å². The lowest BCUT2D eigenvalue weighted by molar-refractivity contribution is -0.151. The SMILES string of the molecule is CC(C)[C@H](NC(=O)c1ccc(C(C)(C)C)cc1)C(=O)OCC(=O)NC1CCS(=O)(=O)C1. The van der Waals surface area contributed by atoms with Crippen molar-refractivity contribution in [1.29, 1.82) is 0 Å². The van der Waals surface area contributed by atoms with Gasteiger partial charge in [0.05, 0.1) is 11.5 Å². The van der Waals surface area contributed by atoms with Crippen molar-refractivity contribution in [2.45, 2.75) is 58.5 Å². The van der Waals surface area contributed by atoms with E-state index in [1.807, 2.05) is 12.1 Å². The number of rotatable bonds is 7. The predicted octanol–water partition coefficient (Wildman–Crippen LogP) is 1.59. The molecular formula is C22H32N2O6S. The molecule has 2 amide bonds. The molecule has 2 N–H and O–H groups in total. The van der Waals surface area contributed by atoms with Crippen molar-refractivity contribution in [3.8, 4) is 0 Å². The number of ether oxygens (including phenoxy) is 1. The summed E-state index contributed by atoms with van der Waals surface area (Å²) in [4.78, 5) is 37.1. The first-order chi connectivity index (χ1) is 14.3. The number of amides is 2. The second-order valence-corrected chi connectivity index (χ2v) is 11.5. The topological polar surface area (TPSA) is 119 Å². The predicted molar refractivity (Wildman–Crippen MR) is 117 cm³/mol. The third-order valence-corrected chi connectivity index (χ3v) is 6.93. The summed E-state index contributed by atoms with van der Waals surface area (Å²) in [6, 6.07) is 5.79. The highest BCUT2D eigenvalue weighted by molar-refractivity contribution is 7.91. The number of nitrogens with one attached hydrogen (secondary N) is 2. The van der Waals surface area contributed by atoms with Gasteiger partial charge in [0, 0.05) is 11.6 Å². The zero-order valence-electron chi connectivity index (χ0n) is 18.7. The second kappa shape index (κ2) is 9.80. The Morgan fingerprint density at radius 3 is 2.23 bits per heavy atom. The maximum absolute atomic E-state index is 12.6. The van der Waals surface area contributed by atoms with Crippen molar-refractivity contribution >= 4 is 27.6 Å². The monoisotopic (exact) mass is 452 g/mol. The number of hydrogen-bond donors (Lipinski definition) is 2. The van der Waals surface area contributed by atoms with Crippen LogP contribution in [0.3, 0.4) is 0 Å². The Bertz CT molecular complexity index is 916. The molecule has 9 heteroatoms. The summed E-state index contributed by atoms with van der Waals surface area (Å²) < 4.78 is 28.0. The average Bonchev–Trinajstić information content (AvgIpc) is 3.01. The van der Waals surface area contributed by atoms with E-state index in [2.05, 4.69) is 31.4 Å². The fourth-order valence-corrected chi connectivity index (χ4v) is 4.92. The normalized spacial score (nSPS) is 19.0. The molecule has 1 heterocycles. The minimum absolute atomic E-state index is 0.0376. The molecule has 0 aliphatic carbocycles. The minimum atomic E-state index is -3.12. The summed E-state index contributed by atoms with van der Waals surface area (Å²) in [5.41, 5.74) is 1.47. The van der Waals surface area contributed by atoms with Crippen LogP contribution >= 0.6 is 0 Å². The first-order valence-corrected chi connectivity index (χ1v) is 12.2. The van der Waals surface area contributed by atoms with Crippen LogP contribution in [-0.2, 0) is 29.6 Å². The van der Waals surface area contributed by atoms with Crippen LogP contribution in [0.1, 0.15) is 57.0 Å². The molecular weight excluding hydrogens is 420 g/mol. The van der Waals surface area contributed by atoms with E-state index in [1.54, 1.807) is 26.0 Å². The summed E-state index contributed by atoms with van der Waals surface area (Å²) in [5.74, 6) is -2.02. The zero-order chi connectivity index (χ0) is 23.4. The fourth-order valence-electron chi connectivity index (χ4n) is 3.25. The zero-order valence-corrected chi connectivity index (χ0v) is 19.5. The number of carbonyl (C=O) groups is 3. The van der Waals surface area contributed by atoms with Crippen LogP contribution in [0.4, 0.5) is 0 Å². The van der Waals surface area contributed by atoms with Crippen LogP contribution < -0.4 is 10.6 Å². The van der Waals surface area contributed by atoms with Crippen molar-refractivity contribution in [2.24, 2.45) is 5.92 Å². The van der Waals surface area contributed by atoms with Gasteiger partial charge in [0.15, 0.2) is 16.4 Å². The van der Waals surface area contributed by atoms with E-state index in [1.165, 1.54) is 0 Å². The standard InChI is InChI=1S/C22H32N2O6S/c1-14(2)19(24-20(26)15-6-8-16(9-7-15)22(3,4)5)21(27)30-12-18(25)23-17-10-11-31(28,29)13-17/h6-9,14,17,19H,10-13H2,1-5H3,(H,23,25)(H,24,26)/t17?,19-/m0/s1. The van der Waals surface area contributed by atoms with Gasteiger partial charge in [-0.3, -0.25) is 9.59 Å². The minimum Gasteiger partial charge on any atom is -0.454 e. The Balaban J connectivity index is 1.91. The first-order valence-electron chi connectivity index (χ1n) is 10.4. The Morgan fingerprint density at radius 2 is 1.74 bits per heavy atom. The van der Waals surface area contributed by atoms with Gasteiger partial charge in [-0.25, -0.2) is 13.2 Å². The molecule has 1 aliphatic rings. The quantitative estimate of drug-likeness (QED) is 0.607. The van der Waals surface area contributed by atoms with Gasteiger partial charge in [0.2, 0.25) is 0 Å². The molecule has 1 aromatic carbocycles. The Morgan fingerprint density at radius 1 is 1.13 bits per heavy atom. The van der Waals surface area contributed by atoms with Crippen LogP contribution in [0.15, 0.2) is 24.3 Å². The highest BCUT2D eigenvalue weighted by Crippen LogP contribution is 2.22. The molecule has 1 saturated heterocycles. The number of carbonyl (C=O) groups excluding carboxylic acids is 3. The maximum Gasteiger partial charge on any atom is 0.329 e. The molecule has 172 valence electrons. The Kier molecular flexibility index (Phi) is 7.86. The van der Waals surface area contributed by atoms with E-state index in [-0.39, 0.29) is 22.8 Å². The maximum atomic E-state index is 12.6. The molecule has 0 spiro atoms. The van der Waals surface area contributed by atoms with Crippen molar-refractivity contribution in [3.63, 3.8) is 0 Å². The van der Waals surface area contributed by atoms with E-state index in [4.69, 9.17) is 4.74 Å². The molecule has 1 unspecified atom stereocenters. The van der Waals surface area contributed by atoms with Crippen molar-refractivity contribution < 1.29 is 27.5 Å². The largest absolute Gasteiger partial charge is 0.454 e. The van der Waals surface area contributed by atoms with Crippen LogP contribution in [0.25, 0.3) is 0 Å². The summed E-state index contributed by atoms with van der Waals surface area (Å²) in [6.45, 7) is 9.23. The van der Waals surface area contributed by atoms with Crippen LogP contribution in [0, 0.1) is 5.92 Å². The molecule has 1 fully saturated rings. The number of sulfone groups is 1. The lowest BCUT2D eigenvalue weighted by Gasteiger charge is -2.22. The summed E-state index contributed by atoms with van der Waals surface area (Å²) in [7, 11) is -3.12. The Hall–Kier alpha value is -2.42. The lowest BCUT2D eigenvalue weighted by Crippen LogP contribution is -2.46. The van der Waals surface area contributed by atoms with E-state index in [9.17, 15) is 22.8 Å². The fraction of sp³-hybridized carbons (Fsp3) is 0.591. The molecule has 1 aliphatic heterocycles. The number of esters is 1. The molecule has 0 aromatic heterocycles. The van der Waals surface area contributed by atoms with Crippen LogP contribution in [-0.4, -0.2) is 56.4 Å². The molecule has 8 nitrogen and oxygen atoms in total. The highest BCUT2D eigenvalue weighted by atomic mass is 32.2. The van der Waals surface area contributed by atoms with Crippen molar-refractivity contribution in [3.05, 3.63) is 35.4 Å². The van der Waals surface area contributed by atoms with Crippen LogP contribution in [0.2, 0.25) is 0 Å². The summed E-state index contributed by atoms with van der Waals surface area (Å²) in [5, 5.41) is 5.23. The van der Waals surface area contributed by atoms with Crippen LogP contribution in [0.5, 0.6) is 0 Å². The molecule has 1 aromatic rings. The molecule has 2 atom stereocenters. The van der Waals surface area contributed by atoms with Crippen molar-refractivity contribution in [1.82, 2.24) is 10.6 Å². The van der Waals surface area contributed by atoms with E-state index < -0.39 is 46.3 Å². The third-order valence-electron chi connectivity index (χ3n) is 5.16. The van der Waals surface area contributed by atoms with Gasteiger partial charge in [0.25, 0.3) is 11.8 Å². The molecule has 0 bridgehead atoms. The Labute approximate surface area is 184 Å². The molecule has 2 rings (SSSR count). The first kappa shape index (κ1) is 24.8. The van der Waals surface area contributed by atoms with Gasteiger partial charge in [-0.05, 0) is 35.4 Å². The van der Waals surface area contributed by atoms with E-state index in [0.29, 0.717) is 12.0 Å². The van der Waals surface area contributed by atoms with E-state index >= 15 is 0 Å². The summed E-state index contributed by atoms with van der Waals surface area (Å²) >= 11 is 0. The van der Waals surface area contributed by atoms with Gasteiger partial charge >= 0.3 is 5.97 Å². The molecule has 0 saturated carbocycles. The molecule has 31 heavy (non-hydrogen) atoms. The summed E-state index contributed by atoms with van der Waals surface area (Å²) in [6.07, 6.45) is 0.348. The highest BCUT2D eigenvalue weighted by Gasteiger charge is 2.30. The second-order valence-electron chi connectivity index (χ2n) is 9.30. The van der Waals surface area contributed by atoms with Gasteiger partial charge < -0.3 is 15.4 Å². The average molecular weight is 453 g/mol. The number of hydrogen-bond acceptors (Lipinski definition) is 6. The van der Waals surface area contributed by atoms with Gasteiger partial charge in [-0.2, -0.15) is 0 Å².